The number of hydrogen-bond donors (Lipinski definition) is 1. The summed E-state index contributed by atoms with van der Waals surface area (Å²) in [5, 5.41) is 2.94. The van der Waals surface area contributed by atoms with Gasteiger partial charge in [0.15, 0.2) is 0 Å². The molecule has 3 aromatic carbocycles. The predicted octanol–water partition coefficient (Wildman–Crippen LogP) is 5.36. The van der Waals surface area contributed by atoms with Crippen LogP contribution in [0.5, 0.6) is 0 Å². The summed E-state index contributed by atoms with van der Waals surface area (Å²) < 4.78 is 42.6. The van der Waals surface area contributed by atoms with Crippen LogP contribution in [0.15, 0.2) is 77.7 Å². The lowest BCUT2D eigenvalue weighted by molar-refractivity contribution is -0.140. The highest BCUT2D eigenvalue weighted by molar-refractivity contribution is 7.92. The van der Waals surface area contributed by atoms with E-state index in [1.54, 1.807) is 50.2 Å². The van der Waals surface area contributed by atoms with Crippen LogP contribution in [0.1, 0.15) is 50.3 Å². The fourth-order valence-electron chi connectivity index (χ4n) is 4.37. The van der Waals surface area contributed by atoms with Gasteiger partial charge in [0, 0.05) is 12.6 Å². The van der Waals surface area contributed by atoms with Crippen LogP contribution in [-0.2, 0) is 26.2 Å². The summed E-state index contributed by atoms with van der Waals surface area (Å²) in [4.78, 5) is 28.9. The van der Waals surface area contributed by atoms with Crippen LogP contribution in [-0.4, -0.2) is 43.8 Å². The minimum atomic E-state index is -4.14. The lowest BCUT2D eigenvalue weighted by Gasteiger charge is -2.34. The molecule has 2 amide bonds. The highest BCUT2D eigenvalue weighted by Crippen LogP contribution is 2.28. The number of sulfonamides is 1. The largest absolute Gasteiger partial charge is 0.352 e. The van der Waals surface area contributed by atoms with Crippen molar-refractivity contribution in [3.63, 3.8) is 0 Å². The van der Waals surface area contributed by atoms with E-state index >= 15 is 0 Å². The van der Waals surface area contributed by atoms with E-state index in [1.807, 2.05) is 32.9 Å². The van der Waals surface area contributed by atoms with Gasteiger partial charge in [0.05, 0.1) is 10.6 Å². The number of benzene rings is 3. The molecule has 0 aromatic heterocycles. The van der Waals surface area contributed by atoms with Crippen LogP contribution in [0.3, 0.4) is 0 Å². The standard InChI is InChI=1S/C31H38FN3O4S/c1-6-24(5)33-31(37)28(7-2)34(20-25-15-17-26(32)18-16-25)30(36)21-35(29-19-22(3)13-14-23(29)4)40(38,39)27-11-9-8-10-12-27/h8-19,24,28H,6-7,20-21H2,1-5H3,(H,33,37)/t24-,28+/m1/s1. The van der Waals surface area contributed by atoms with Gasteiger partial charge in [-0.2, -0.15) is 0 Å². The Balaban J connectivity index is 2.08. The van der Waals surface area contributed by atoms with Gasteiger partial charge in [-0.25, -0.2) is 12.8 Å². The van der Waals surface area contributed by atoms with Gasteiger partial charge in [-0.3, -0.25) is 13.9 Å². The van der Waals surface area contributed by atoms with Gasteiger partial charge in [0.25, 0.3) is 10.0 Å². The number of nitrogens with one attached hydrogen (secondary N) is 1. The van der Waals surface area contributed by atoms with Gasteiger partial charge in [-0.05, 0) is 80.6 Å². The number of amides is 2. The van der Waals surface area contributed by atoms with E-state index in [0.717, 1.165) is 9.87 Å². The first-order valence-electron chi connectivity index (χ1n) is 13.5. The highest BCUT2D eigenvalue weighted by Gasteiger charge is 2.34. The Bertz CT molecular complexity index is 1410. The quantitative estimate of drug-likeness (QED) is 0.319. The van der Waals surface area contributed by atoms with Crippen LogP contribution in [0.25, 0.3) is 0 Å². The minimum absolute atomic E-state index is 0.0115. The highest BCUT2D eigenvalue weighted by atomic mass is 32.2. The van der Waals surface area contributed by atoms with Gasteiger partial charge in [0.2, 0.25) is 11.8 Å². The first-order valence-corrected chi connectivity index (χ1v) is 14.9. The molecule has 214 valence electrons. The third kappa shape index (κ3) is 7.47. The molecule has 1 N–H and O–H groups in total. The number of nitrogens with zero attached hydrogens (tertiary/aromatic N) is 2. The lowest BCUT2D eigenvalue weighted by Crippen LogP contribution is -2.53. The Morgan fingerprint density at radius 2 is 1.57 bits per heavy atom. The minimum Gasteiger partial charge on any atom is -0.352 e. The smallest absolute Gasteiger partial charge is 0.264 e. The average Bonchev–Trinajstić information content (AvgIpc) is 2.94. The zero-order valence-corrected chi connectivity index (χ0v) is 24.5. The first kappa shape index (κ1) is 30.8. The van der Waals surface area contributed by atoms with Gasteiger partial charge in [0.1, 0.15) is 18.4 Å². The molecule has 0 radical (unpaired) electrons. The Kier molecular flexibility index (Phi) is 10.5. The van der Waals surface area contributed by atoms with Gasteiger partial charge >= 0.3 is 0 Å². The van der Waals surface area contributed by atoms with Crippen molar-refractivity contribution in [3.8, 4) is 0 Å². The molecule has 7 nitrogen and oxygen atoms in total. The molecule has 0 bridgehead atoms. The summed E-state index contributed by atoms with van der Waals surface area (Å²) in [6.07, 6.45) is 1.02. The summed E-state index contributed by atoms with van der Waals surface area (Å²) in [5.74, 6) is -1.29. The van der Waals surface area contributed by atoms with Crippen LogP contribution in [0.4, 0.5) is 10.1 Å². The van der Waals surface area contributed by atoms with Gasteiger partial charge < -0.3 is 10.2 Å². The molecule has 2 atom stereocenters. The van der Waals surface area contributed by atoms with E-state index < -0.39 is 34.3 Å². The molecule has 3 aromatic rings. The average molecular weight is 568 g/mol. The van der Waals surface area contributed by atoms with Crippen molar-refractivity contribution in [1.82, 2.24) is 10.2 Å². The fraction of sp³-hybridized carbons (Fsp3) is 0.355. The second-order valence-corrected chi connectivity index (χ2v) is 11.9. The molecule has 3 rings (SSSR count). The Hall–Kier alpha value is -3.72. The molecule has 0 heterocycles. The van der Waals surface area contributed by atoms with E-state index in [-0.39, 0.29) is 23.4 Å². The molecule has 0 spiro atoms. The van der Waals surface area contributed by atoms with E-state index in [0.29, 0.717) is 29.7 Å². The molecule has 0 aliphatic heterocycles. The Morgan fingerprint density at radius 3 is 2.17 bits per heavy atom. The number of halogens is 1. The molecule has 0 fully saturated rings. The summed E-state index contributed by atoms with van der Waals surface area (Å²) in [6.45, 7) is 8.76. The zero-order valence-electron chi connectivity index (χ0n) is 23.7. The molecule has 0 unspecified atom stereocenters. The molecule has 9 heteroatoms. The lowest BCUT2D eigenvalue weighted by atomic mass is 10.1. The first-order chi connectivity index (χ1) is 19.0. The van der Waals surface area contributed by atoms with Crippen molar-refractivity contribution < 1.29 is 22.4 Å². The monoisotopic (exact) mass is 567 g/mol. The van der Waals surface area contributed by atoms with Crippen LogP contribution < -0.4 is 9.62 Å². The van der Waals surface area contributed by atoms with E-state index in [9.17, 15) is 22.4 Å². The number of rotatable bonds is 12. The van der Waals surface area contributed by atoms with Gasteiger partial charge in [-0.15, -0.1) is 0 Å². The third-order valence-electron chi connectivity index (χ3n) is 6.90. The van der Waals surface area contributed by atoms with E-state index in [2.05, 4.69) is 5.32 Å². The number of hydrogen-bond acceptors (Lipinski definition) is 4. The molecule has 0 saturated carbocycles. The van der Waals surface area contributed by atoms with Crippen LogP contribution in [0, 0.1) is 19.7 Å². The van der Waals surface area contributed by atoms with Crippen molar-refractivity contribution >= 4 is 27.5 Å². The Morgan fingerprint density at radius 1 is 0.925 bits per heavy atom. The van der Waals surface area contributed by atoms with Crippen molar-refractivity contribution in [2.45, 2.75) is 71.0 Å². The van der Waals surface area contributed by atoms with Crippen molar-refractivity contribution in [3.05, 3.63) is 95.3 Å². The number of anilines is 1. The molecule has 40 heavy (non-hydrogen) atoms. The molecular weight excluding hydrogens is 529 g/mol. The summed E-state index contributed by atoms with van der Waals surface area (Å²) in [6, 6.07) is 18.1. The summed E-state index contributed by atoms with van der Waals surface area (Å²) in [7, 11) is -4.14. The Labute approximate surface area is 237 Å². The molecular formula is C31H38FN3O4S. The maximum absolute atomic E-state index is 14.1. The zero-order chi connectivity index (χ0) is 29.4. The van der Waals surface area contributed by atoms with Gasteiger partial charge in [-0.1, -0.05) is 56.3 Å². The predicted molar refractivity (Wildman–Crippen MR) is 156 cm³/mol. The van der Waals surface area contributed by atoms with E-state index in [4.69, 9.17) is 0 Å². The number of carbonyl (C=O) groups is 2. The number of aryl methyl sites for hydroxylation is 2. The summed E-state index contributed by atoms with van der Waals surface area (Å²) >= 11 is 0. The van der Waals surface area contributed by atoms with Crippen LogP contribution in [0.2, 0.25) is 0 Å². The number of carbonyl (C=O) groups excluding carboxylic acids is 2. The fourth-order valence-corrected chi connectivity index (χ4v) is 5.86. The topological polar surface area (TPSA) is 86.8 Å². The third-order valence-corrected chi connectivity index (χ3v) is 8.67. The summed E-state index contributed by atoms with van der Waals surface area (Å²) in [5.41, 5.74) is 2.53. The molecule has 0 aliphatic carbocycles. The van der Waals surface area contributed by atoms with Crippen molar-refractivity contribution in [2.75, 3.05) is 10.8 Å². The van der Waals surface area contributed by atoms with Crippen molar-refractivity contribution in [2.24, 2.45) is 0 Å². The second kappa shape index (κ2) is 13.6. The maximum atomic E-state index is 14.1. The van der Waals surface area contributed by atoms with Crippen molar-refractivity contribution in [1.29, 1.82) is 0 Å². The second-order valence-electron chi connectivity index (χ2n) is 10.0. The normalized spacial score (nSPS) is 12.8. The van der Waals surface area contributed by atoms with E-state index in [1.165, 1.54) is 29.2 Å². The molecule has 0 saturated heterocycles. The SMILES string of the molecule is CC[C@@H](C)NC(=O)[C@H](CC)N(Cc1ccc(F)cc1)C(=O)CN(c1cc(C)ccc1C)S(=O)(=O)c1ccccc1. The molecule has 0 aliphatic rings. The van der Waals surface area contributed by atoms with Crippen LogP contribution >= 0.6 is 0 Å². The maximum Gasteiger partial charge on any atom is 0.264 e.